The first-order valence-electron chi connectivity index (χ1n) is 2.94. The molecule has 0 atom stereocenters. The third-order valence-corrected chi connectivity index (χ3v) is 1.88. The number of aromatic nitrogens is 1. The summed E-state index contributed by atoms with van der Waals surface area (Å²) in [4.78, 5) is 14.2. The molecule has 0 saturated heterocycles. The van der Waals surface area contributed by atoms with Crippen LogP contribution in [-0.2, 0) is 0 Å². The normalized spacial score (nSPS) is 9.00. The minimum atomic E-state index is -1.16. The fourth-order valence-corrected chi connectivity index (χ4v) is 1.20. The molecule has 0 unspecified atom stereocenters. The van der Waals surface area contributed by atoms with Crippen molar-refractivity contribution < 1.29 is 9.90 Å². The van der Waals surface area contributed by atoms with Gasteiger partial charge in [-0.3, -0.25) is 0 Å². The number of carbonyl (C=O) groups is 1. The Balaban J connectivity index is 3.42. The topological polar surface area (TPSA) is 74.0 Å². The molecule has 0 spiro atoms. The predicted octanol–water partition coefficient (Wildman–Crippen LogP) is 1.41. The van der Waals surface area contributed by atoms with Gasteiger partial charge in [0.1, 0.15) is 11.6 Å². The van der Waals surface area contributed by atoms with Crippen molar-refractivity contribution in [3.8, 4) is 6.07 Å². The molecular formula is C7H3BrN2O2. The Morgan fingerprint density at radius 3 is 2.83 bits per heavy atom. The highest BCUT2D eigenvalue weighted by Gasteiger charge is 2.14. The van der Waals surface area contributed by atoms with Crippen LogP contribution in [0.15, 0.2) is 16.7 Å². The number of hydrogen-bond donors (Lipinski definition) is 1. The summed E-state index contributed by atoms with van der Waals surface area (Å²) in [7, 11) is 0. The van der Waals surface area contributed by atoms with Gasteiger partial charge in [-0.15, -0.1) is 0 Å². The lowest BCUT2D eigenvalue weighted by Gasteiger charge is -1.98. The number of carboxylic acid groups (broad SMARTS) is 1. The summed E-state index contributed by atoms with van der Waals surface area (Å²) >= 11 is 3.02. The van der Waals surface area contributed by atoms with Crippen molar-refractivity contribution >= 4 is 21.9 Å². The van der Waals surface area contributed by atoms with E-state index in [9.17, 15) is 4.79 Å². The standard InChI is InChI=1S/C7H3BrN2O2/c8-4-1-2-10-5(3-9)6(4)7(11)12/h1-2H,(H,11,12). The zero-order chi connectivity index (χ0) is 9.14. The van der Waals surface area contributed by atoms with Crippen LogP contribution in [0.4, 0.5) is 0 Å². The Bertz CT molecular complexity index is 370. The second-order valence-corrected chi connectivity index (χ2v) is 2.79. The molecule has 1 rings (SSSR count). The summed E-state index contributed by atoms with van der Waals surface area (Å²) < 4.78 is 0.363. The SMILES string of the molecule is N#Cc1nccc(Br)c1C(=O)O. The van der Waals surface area contributed by atoms with Gasteiger partial charge >= 0.3 is 5.97 Å². The lowest BCUT2D eigenvalue weighted by molar-refractivity contribution is 0.0695. The van der Waals surface area contributed by atoms with Crippen LogP contribution in [0, 0.1) is 11.3 Å². The van der Waals surface area contributed by atoms with Gasteiger partial charge in [-0.25, -0.2) is 9.78 Å². The molecule has 1 N–H and O–H groups in total. The molecule has 0 aliphatic heterocycles. The lowest BCUT2D eigenvalue weighted by Crippen LogP contribution is -2.03. The highest BCUT2D eigenvalue weighted by molar-refractivity contribution is 9.10. The number of halogens is 1. The van der Waals surface area contributed by atoms with E-state index in [4.69, 9.17) is 10.4 Å². The molecule has 0 amide bonds. The van der Waals surface area contributed by atoms with Crippen LogP contribution >= 0.6 is 15.9 Å². The first-order chi connectivity index (χ1) is 5.66. The number of rotatable bonds is 1. The van der Waals surface area contributed by atoms with Gasteiger partial charge in [-0.1, -0.05) is 0 Å². The lowest BCUT2D eigenvalue weighted by atomic mass is 10.2. The highest BCUT2D eigenvalue weighted by atomic mass is 79.9. The quantitative estimate of drug-likeness (QED) is 0.786. The van der Waals surface area contributed by atoms with E-state index in [1.807, 2.05) is 0 Å². The van der Waals surface area contributed by atoms with Gasteiger partial charge < -0.3 is 5.11 Å². The second kappa shape index (κ2) is 3.32. The number of aromatic carboxylic acids is 1. The molecule has 0 fully saturated rings. The zero-order valence-electron chi connectivity index (χ0n) is 5.78. The van der Waals surface area contributed by atoms with Crippen molar-refractivity contribution in [3.63, 3.8) is 0 Å². The summed E-state index contributed by atoms with van der Waals surface area (Å²) in [6.45, 7) is 0. The molecule has 0 radical (unpaired) electrons. The van der Waals surface area contributed by atoms with Crippen molar-refractivity contribution in [1.82, 2.24) is 4.98 Å². The maximum absolute atomic E-state index is 10.6. The monoisotopic (exact) mass is 226 g/mol. The molecule has 0 aromatic carbocycles. The molecule has 1 aromatic heterocycles. The maximum Gasteiger partial charge on any atom is 0.339 e. The van der Waals surface area contributed by atoms with Crippen molar-refractivity contribution in [2.75, 3.05) is 0 Å². The fourth-order valence-electron chi connectivity index (χ4n) is 0.726. The predicted molar refractivity (Wildman–Crippen MR) is 43.6 cm³/mol. The molecule has 1 aromatic rings. The number of nitrogens with zero attached hydrogens (tertiary/aromatic N) is 2. The zero-order valence-corrected chi connectivity index (χ0v) is 7.37. The average Bonchev–Trinajstić information content (AvgIpc) is 2.03. The summed E-state index contributed by atoms with van der Waals surface area (Å²) in [6.07, 6.45) is 1.37. The van der Waals surface area contributed by atoms with E-state index in [0.29, 0.717) is 4.47 Å². The summed E-state index contributed by atoms with van der Waals surface area (Å²) in [5.41, 5.74) is -0.183. The molecule has 0 saturated carbocycles. The Hall–Kier alpha value is -1.41. The van der Waals surface area contributed by atoms with Gasteiger partial charge in [0.2, 0.25) is 0 Å². The summed E-state index contributed by atoms with van der Waals surface area (Å²) in [5.74, 6) is -1.16. The van der Waals surface area contributed by atoms with E-state index in [1.54, 1.807) is 6.07 Å². The molecule has 60 valence electrons. The van der Waals surface area contributed by atoms with E-state index in [2.05, 4.69) is 20.9 Å². The van der Waals surface area contributed by atoms with E-state index >= 15 is 0 Å². The Kier molecular flexibility index (Phi) is 2.41. The number of carboxylic acids is 1. The molecular weight excluding hydrogens is 224 g/mol. The van der Waals surface area contributed by atoms with E-state index < -0.39 is 5.97 Å². The van der Waals surface area contributed by atoms with Crippen LogP contribution in [0.5, 0.6) is 0 Å². The smallest absolute Gasteiger partial charge is 0.339 e. The first-order valence-corrected chi connectivity index (χ1v) is 3.74. The van der Waals surface area contributed by atoms with Crippen LogP contribution < -0.4 is 0 Å². The van der Waals surface area contributed by atoms with Crippen LogP contribution in [-0.4, -0.2) is 16.1 Å². The molecule has 12 heavy (non-hydrogen) atoms. The molecule has 0 aliphatic carbocycles. The van der Waals surface area contributed by atoms with Gasteiger partial charge in [-0.05, 0) is 22.0 Å². The van der Waals surface area contributed by atoms with Crippen molar-refractivity contribution in [3.05, 3.63) is 28.0 Å². The molecule has 0 bridgehead atoms. The number of hydrogen-bond acceptors (Lipinski definition) is 3. The van der Waals surface area contributed by atoms with Crippen LogP contribution in [0.2, 0.25) is 0 Å². The Labute approximate surface area is 76.6 Å². The van der Waals surface area contributed by atoms with E-state index in [0.717, 1.165) is 0 Å². The highest BCUT2D eigenvalue weighted by Crippen LogP contribution is 2.17. The molecule has 0 aliphatic rings. The maximum atomic E-state index is 10.6. The molecule has 1 heterocycles. The molecule has 4 nitrogen and oxygen atoms in total. The van der Waals surface area contributed by atoms with Gasteiger partial charge in [0, 0.05) is 10.7 Å². The Morgan fingerprint density at radius 1 is 1.75 bits per heavy atom. The minimum Gasteiger partial charge on any atom is -0.478 e. The van der Waals surface area contributed by atoms with Gasteiger partial charge in [-0.2, -0.15) is 5.26 Å². The van der Waals surface area contributed by atoms with Crippen LogP contribution in [0.1, 0.15) is 16.1 Å². The first kappa shape index (κ1) is 8.68. The third kappa shape index (κ3) is 1.43. The van der Waals surface area contributed by atoms with Crippen LogP contribution in [0.3, 0.4) is 0 Å². The average molecular weight is 227 g/mol. The second-order valence-electron chi connectivity index (χ2n) is 1.93. The number of pyridine rings is 1. The third-order valence-electron chi connectivity index (χ3n) is 1.22. The number of nitriles is 1. The van der Waals surface area contributed by atoms with Crippen molar-refractivity contribution in [1.29, 1.82) is 5.26 Å². The van der Waals surface area contributed by atoms with Crippen LogP contribution in [0.25, 0.3) is 0 Å². The Morgan fingerprint density at radius 2 is 2.42 bits per heavy atom. The van der Waals surface area contributed by atoms with E-state index in [1.165, 1.54) is 12.3 Å². The molecule has 5 heteroatoms. The van der Waals surface area contributed by atoms with E-state index in [-0.39, 0.29) is 11.3 Å². The van der Waals surface area contributed by atoms with Gasteiger partial charge in [0.15, 0.2) is 5.69 Å². The van der Waals surface area contributed by atoms with Crippen molar-refractivity contribution in [2.45, 2.75) is 0 Å². The largest absolute Gasteiger partial charge is 0.478 e. The minimum absolute atomic E-state index is 0.0862. The van der Waals surface area contributed by atoms with Gasteiger partial charge in [0.25, 0.3) is 0 Å². The summed E-state index contributed by atoms with van der Waals surface area (Å²) in [5, 5.41) is 17.2. The van der Waals surface area contributed by atoms with Gasteiger partial charge in [0.05, 0.1) is 0 Å². The fraction of sp³-hybridized carbons (Fsp3) is 0. The van der Waals surface area contributed by atoms with Crippen molar-refractivity contribution in [2.24, 2.45) is 0 Å². The summed E-state index contributed by atoms with van der Waals surface area (Å²) in [6, 6.07) is 3.17.